The van der Waals surface area contributed by atoms with Gasteiger partial charge in [0.25, 0.3) is 0 Å². The van der Waals surface area contributed by atoms with Crippen molar-refractivity contribution in [3.8, 4) is 0 Å². The third kappa shape index (κ3) is 8.09. The number of benzene rings is 2. The molecule has 0 unspecified atom stereocenters. The minimum atomic E-state index is -4.31. The zero-order valence-electron chi connectivity index (χ0n) is 28.8. The van der Waals surface area contributed by atoms with Crippen LogP contribution in [0.25, 0.3) is 0 Å². The summed E-state index contributed by atoms with van der Waals surface area (Å²) in [5, 5.41) is 0. The van der Waals surface area contributed by atoms with Gasteiger partial charge in [-0.2, -0.15) is 0 Å². The van der Waals surface area contributed by atoms with E-state index >= 15 is 0 Å². The predicted molar refractivity (Wildman–Crippen MR) is 177 cm³/mol. The van der Waals surface area contributed by atoms with Crippen LogP contribution in [-0.4, -0.2) is 96.7 Å². The molecule has 0 saturated carbocycles. The molecule has 4 atom stereocenters. The van der Waals surface area contributed by atoms with Crippen molar-refractivity contribution in [3.63, 3.8) is 0 Å². The normalized spacial score (nSPS) is 24.0. The molecule has 0 radical (unpaired) electrons. The van der Waals surface area contributed by atoms with Crippen LogP contribution in [0.5, 0.6) is 0 Å². The second kappa shape index (κ2) is 15.8. The molecule has 5 rings (SSSR count). The van der Waals surface area contributed by atoms with Gasteiger partial charge in [-0.05, 0) is 45.2 Å². The van der Waals surface area contributed by atoms with Crippen LogP contribution >= 0.6 is 7.60 Å². The van der Waals surface area contributed by atoms with Gasteiger partial charge >= 0.3 is 19.5 Å². The molecular formula is C35H47N2O11P. The van der Waals surface area contributed by atoms with E-state index in [4.69, 9.17) is 32.7 Å². The zero-order valence-corrected chi connectivity index (χ0v) is 29.7. The van der Waals surface area contributed by atoms with Gasteiger partial charge in [-0.15, -0.1) is 0 Å². The van der Waals surface area contributed by atoms with Crippen molar-refractivity contribution in [1.82, 2.24) is 9.80 Å². The first-order valence-corrected chi connectivity index (χ1v) is 18.4. The quantitative estimate of drug-likeness (QED) is 0.135. The Kier molecular flexibility index (Phi) is 12.0. The van der Waals surface area contributed by atoms with E-state index in [1.165, 1.54) is 11.8 Å². The largest absolute Gasteiger partial charge is 0.460 e. The Morgan fingerprint density at radius 3 is 2.14 bits per heavy atom. The molecule has 0 aromatic heterocycles. The van der Waals surface area contributed by atoms with Crippen LogP contribution in [0.3, 0.4) is 0 Å². The summed E-state index contributed by atoms with van der Waals surface area (Å²) in [5.41, 5.74) is 0.791. The van der Waals surface area contributed by atoms with Crippen molar-refractivity contribution in [1.29, 1.82) is 0 Å². The van der Waals surface area contributed by atoms with Crippen LogP contribution in [-0.2, 0) is 58.3 Å². The number of rotatable bonds is 16. The molecule has 0 N–H and O–H groups in total. The fourth-order valence-corrected chi connectivity index (χ4v) is 8.84. The molecule has 0 aliphatic carbocycles. The number of hydrogen-bond acceptors (Lipinski definition) is 12. The molecule has 2 aromatic rings. The summed E-state index contributed by atoms with van der Waals surface area (Å²) in [7, 11) is -4.31. The van der Waals surface area contributed by atoms with Crippen LogP contribution in [0.1, 0.15) is 64.6 Å². The van der Waals surface area contributed by atoms with Crippen LogP contribution in [0.2, 0.25) is 0 Å². The maximum absolute atomic E-state index is 14.6. The van der Waals surface area contributed by atoms with Crippen molar-refractivity contribution >= 4 is 25.4 Å². The average Bonchev–Trinajstić information content (AvgIpc) is 3.68. The van der Waals surface area contributed by atoms with Crippen LogP contribution in [0.15, 0.2) is 60.7 Å². The van der Waals surface area contributed by atoms with Crippen molar-refractivity contribution in [2.45, 2.75) is 89.5 Å². The number of β-lactam (4-membered cyclic amide) rings is 1. The van der Waals surface area contributed by atoms with E-state index in [2.05, 4.69) is 0 Å². The zero-order chi connectivity index (χ0) is 35.2. The first-order chi connectivity index (χ1) is 23.5. The summed E-state index contributed by atoms with van der Waals surface area (Å²) in [4.78, 5) is 43.8. The Morgan fingerprint density at radius 2 is 1.55 bits per heavy atom. The molecule has 1 amide bonds. The summed E-state index contributed by atoms with van der Waals surface area (Å²) < 4.78 is 55.2. The van der Waals surface area contributed by atoms with E-state index in [0.717, 1.165) is 5.56 Å². The van der Waals surface area contributed by atoms with Crippen molar-refractivity contribution in [2.24, 2.45) is 0 Å². The summed E-state index contributed by atoms with van der Waals surface area (Å²) in [5.74, 6) is -4.81. The van der Waals surface area contributed by atoms with Crippen molar-refractivity contribution in [3.05, 3.63) is 71.8 Å². The SMILES string of the molecule is CCOP(=O)(OCC)[C@@H](C(=O)OCc1ccccc1)N1C(=O)[C@@H](N2[C@@H](c3ccccc3)COC2(C)C)[C@H]1CCC1(COC(C)=O)OCCO1. The molecular weight excluding hydrogens is 655 g/mol. The highest BCUT2D eigenvalue weighted by Crippen LogP contribution is 2.58. The lowest BCUT2D eigenvalue weighted by Gasteiger charge is -2.56. The molecule has 3 fully saturated rings. The number of amides is 1. The molecule has 268 valence electrons. The molecule has 3 heterocycles. The molecule has 0 spiro atoms. The standard InChI is InChI=1S/C35H47N2O11P/c1-6-47-49(41,48-7-2)32(33(40)42-22-26-14-10-8-11-15-26)36-28(18-19-35(24-43-25(3)38)44-20-21-45-35)30(31(36)39)37-29(23-46-34(37,4)5)27-16-12-9-13-17-27/h8-17,28-30,32H,6-7,18-24H2,1-5H3/t28-,29-,30+,32+/m1/s1. The van der Waals surface area contributed by atoms with E-state index in [1.54, 1.807) is 26.0 Å². The lowest BCUT2D eigenvalue weighted by atomic mass is 9.85. The summed E-state index contributed by atoms with van der Waals surface area (Å²) in [6, 6.07) is 17.0. The molecule has 0 bridgehead atoms. The maximum atomic E-state index is 14.6. The van der Waals surface area contributed by atoms with Gasteiger partial charge in [0.05, 0.1) is 45.1 Å². The third-order valence-electron chi connectivity index (χ3n) is 9.01. The molecule has 3 saturated heterocycles. The van der Waals surface area contributed by atoms with Gasteiger partial charge in [-0.25, -0.2) is 4.79 Å². The second-order valence-electron chi connectivity index (χ2n) is 12.6. The Hall–Kier alpha value is -3.16. The van der Waals surface area contributed by atoms with E-state index in [9.17, 15) is 18.9 Å². The number of likely N-dealkylation sites (tertiary alicyclic amines) is 1. The predicted octanol–water partition coefficient (Wildman–Crippen LogP) is 4.80. The van der Waals surface area contributed by atoms with Gasteiger partial charge in [0, 0.05) is 13.3 Å². The molecule has 2 aromatic carbocycles. The average molecular weight is 703 g/mol. The lowest BCUT2D eigenvalue weighted by molar-refractivity contribution is -0.208. The number of carbonyl (C=O) groups is 3. The second-order valence-corrected chi connectivity index (χ2v) is 14.7. The van der Waals surface area contributed by atoms with E-state index < -0.39 is 54.8 Å². The number of nitrogens with zero attached hydrogens (tertiary/aromatic N) is 2. The number of hydrogen-bond donors (Lipinski definition) is 0. The molecule has 13 nitrogen and oxygen atoms in total. The van der Waals surface area contributed by atoms with Crippen molar-refractivity contribution in [2.75, 3.05) is 39.6 Å². The monoisotopic (exact) mass is 702 g/mol. The number of esters is 2. The van der Waals surface area contributed by atoms with Gasteiger partial charge in [0.1, 0.15) is 25.0 Å². The van der Waals surface area contributed by atoms with E-state index in [-0.39, 0.29) is 45.3 Å². The Bertz CT molecular complexity index is 1470. The van der Waals surface area contributed by atoms with E-state index in [0.29, 0.717) is 25.4 Å². The van der Waals surface area contributed by atoms with Gasteiger partial charge < -0.3 is 37.6 Å². The molecule has 3 aliphatic rings. The topological polar surface area (TPSA) is 139 Å². The smallest absolute Gasteiger partial charge is 0.364 e. The first-order valence-electron chi connectivity index (χ1n) is 16.8. The lowest BCUT2D eigenvalue weighted by Crippen LogP contribution is -2.75. The fraction of sp³-hybridized carbons (Fsp3) is 0.571. The Morgan fingerprint density at radius 1 is 0.939 bits per heavy atom. The summed E-state index contributed by atoms with van der Waals surface area (Å²) >= 11 is 0. The Labute approximate surface area is 287 Å². The van der Waals surface area contributed by atoms with Crippen LogP contribution in [0.4, 0.5) is 0 Å². The molecule has 49 heavy (non-hydrogen) atoms. The molecule has 14 heteroatoms. The maximum Gasteiger partial charge on any atom is 0.364 e. The highest BCUT2D eigenvalue weighted by Gasteiger charge is 2.64. The highest BCUT2D eigenvalue weighted by molar-refractivity contribution is 7.55. The first kappa shape index (κ1) is 37.1. The van der Waals surface area contributed by atoms with Gasteiger partial charge in [0.2, 0.25) is 17.5 Å². The van der Waals surface area contributed by atoms with Crippen LogP contribution in [0, 0.1) is 0 Å². The molecule has 3 aliphatic heterocycles. The van der Waals surface area contributed by atoms with Crippen LogP contribution < -0.4 is 0 Å². The third-order valence-corrected chi connectivity index (χ3v) is 11.3. The summed E-state index contributed by atoms with van der Waals surface area (Å²) in [6.45, 7) is 8.94. The van der Waals surface area contributed by atoms with Gasteiger partial charge in [-0.1, -0.05) is 60.7 Å². The van der Waals surface area contributed by atoms with Crippen molar-refractivity contribution < 1.29 is 51.7 Å². The Balaban J connectivity index is 1.54. The number of ether oxygens (including phenoxy) is 5. The van der Waals surface area contributed by atoms with Gasteiger partial charge in [-0.3, -0.25) is 19.1 Å². The highest BCUT2D eigenvalue weighted by atomic mass is 31.2. The fourth-order valence-electron chi connectivity index (χ4n) is 6.84. The number of carbonyl (C=O) groups excluding carboxylic acids is 3. The summed E-state index contributed by atoms with van der Waals surface area (Å²) in [6.07, 6.45) is 0.405. The van der Waals surface area contributed by atoms with Gasteiger partial charge in [0.15, 0.2) is 0 Å². The minimum Gasteiger partial charge on any atom is -0.460 e. The van der Waals surface area contributed by atoms with E-state index in [1.807, 2.05) is 67.3 Å². The minimum absolute atomic E-state index is 0.0356.